The first-order valence-electron chi connectivity index (χ1n) is 6.99. The number of anilines is 1. The Balaban J connectivity index is 1.93. The first-order chi connectivity index (χ1) is 10.7. The maximum Gasteiger partial charge on any atom is 0.274 e. The van der Waals surface area contributed by atoms with Crippen LogP contribution in [0.2, 0.25) is 0 Å². The SMILES string of the molecule is CNc1cc(C)nc([C@@H]2COCCN2C(=O)c2cscn2)n1. The molecular weight excluding hydrogens is 302 g/mol. The molecule has 116 valence electrons. The Hall–Kier alpha value is -2.06. The summed E-state index contributed by atoms with van der Waals surface area (Å²) >= 11 is 1.41. The molecule has 0 aromatic carbocycles. The maximum atomic E-state index is 12.6. The number of nitrogens with one attached hydrogen (secondary N) is 1. The fourth-order valence-electron chi connectivity index (χ4n) is 2.39. The lowest BCUT2D eigenvalue weighted by Crippen LogP contribution is -2.44. The summed E-state index contributed by atoms with van der Waals surface area (Å²) in [6.07, 6.45) is 0. The van der Waals surface area contributed by atoms with Crippen LogP contribution >= 0.6 is 11.3 Å². The second kappa shape index (κ2) is 6.37. The van der Waals surface area contributed by atoms with Gasteiger partial charge in [0.25, 0.3) is 5.91 Å². The molecule has 1 amide bonds. The number of rotatable bonds is 3. The van der Waals surface area contributed by atoms with Gasteiger partial charge < -0.3 is 15.0 Å². The van der Waals surface area contributed by atoms with Gasteiger partial charge in [0, 0.05) is 30.7 Å². The monoisotopic (exact) mass is 319 g/mol. The van der Waals surface area contributed by atoms with Crippen molar-refractivity contribution in [1.29, 1.82) is 0 Å². The number of ether oxygens (including phenoxy) is 1. The zero-order valence-corrected chi connectivity index (χ0v) is 13.3. The van der Waals surface area contributed by atoms with Crippen LogP contribution in [0.4, 0.5) is 5.82 Å². The molecule has 1 aliphatic heterocycles. The predicted octanol–water partition coefficient (Wildman–Crippen LogP) is 1.50. The van der Waals surface area contributed by atoms with E-state index in [1.165, 1.54) is 11.3 Å². The van der Waals surface area contributed by atoms with E-state index >= 15 is 0 Å². The van der Waals surface area contributed by atoms with Crippen molar-refractivity contribution in [2.45, 2.75) is 13.0 Å². The third kappa shape index (κ3) is 2.93. The topological polar surface area (TPSA) is 80.2 Å². The molecule has 0 saturated carbocycles. The third-order valence-corrected chi connectivity index (χ3v) is 4.05. The second-order valence-electron chi connectivity index (χ2n) is 4.97. The van der Waals surface area contributed by atoms with Crippen LogP contribution in [-0.4, -0.2) is 52.6 Å². The number of carbonyl (C=O) groups excluding carboxylic acids is 1. The number of thiazole rings is 1. The van der Waals surface area contributed by atoms with E-state index in [9.17, 15) is 4.79 Å². The molecule has 22 heavy (non-hydrogen) atoms. The lowest BCUT2D eigenvalue weighted by Gasteiger charge is -2.34. The summed E-state index contributed by atoms with van der Waals surface area (Å²) in [5.41, 5.74) is 2.96. The summed E-state index contributed by atoms with van der Waals surface area (Å²) in [5, 5.41) is 4.77. The summed E-state index contributed by atoms with van der Waals surface area (Å²) in [5.74, 6) is 1.22. The average molecular weight is 319 g/mol. The first kappa shape index (κ1) is 14.9. The summed E-state index contributed by atoms with van der Waals surface area (Å²) in [4.78, 5) is 27.4. The van der Waals surface area contributed by atoms with E-state index in [2.05, 4.69) is 20.3 Å². The molecule has 0 bridgehead atoms. The van der Waals surface area contributed by atoms with E-state index in [0.29, 0.717) is 31.3 Å². The van der Waals surface area contributed by atoms with Crippen LogP contribution in [0.25, 0.3) is 0 Å². The average Bonchev–Trinajstić information content (AvgIpc) is 3.08. The standard InChI is InChI=1S/C14H17N5O2S/c1-9-5-12(15-2)18-13(17-9)11-6-21-4-3-19(11)14(20)10-7-22-8-16-10/h5,7-8,11H,3-4,6H2,1-2H3,(H,15,17,18)/t11-/m0/s1. The van der Waals surface area contributed by atoms with Crippen molar-refractivity contribution in [2.75, 3.05) is 32.1 Å². The minimum atomic E-state index is -0.296. The van der Waals surface area contributed by atoms with Crippen molar-refractivity contribution in [3.63, 3.8) is 0 Å². The Kier molecular flexibility index (Phi) is 4.30. The summed E-state index contributed by atoms with van der Waals surface area (Å²) in [6, 6.07) is 1.56. The largest absolute Gasteiger partial charge is 0.377 e. The fraction of sp³-hybridized carbons (Fsp3) is 0.429. The molecule has 0 spiro atoms. The highest BCUT2D eigenvalue weighted by molar-refractivity contribution is 7.07. The van der Waals surface area contributed by atoms with Gasteiger partial charge in [0.2, 0.25) is 0 Å². The Morgan fingerprint density at radius 2 is 2.36 bits per heavy atom. The molecule has 1 aliphatic rings. The van der Waals surface area contributed by atoms with Gasteiger partial charge in [-0.2, -0.15) is 0 Å². The van der Waals surface area contributed by atoms with E-state index in [1.807, 2.05) is 13.0 Å². The normalized spacial score (nSPS) is 18.3. The highest BCUT2D eigenvalue weighted by Crippen LogP contribution is 2.24. The summed E-state index contributed by atoms with van der Waals surface area (Å²) < 4.78 is 5.54. The van der Waals surface area contributed by atoms with Crippen molar-refractivity contribution >= 4 is 23.1 Å². The van der Waals surface area contributed by atoms with Gasteiger partial charge in [0.05, 0.1) is 18.7 Å². The summed E-state index contributed by atoms with van der Waals surface area (Å²) in [7, 11) is 1.81. The van der Waals surface area contributed by atoms with E-state index in [4.69, 9.17) is 4.74 Å². The van der Waals surface area contributed by atoms with Gasteiger partial charge in [0.15, 0.2) is 5.82 Å². The highest BCUT2D eigenvalue weighted by Gasteiger charge is 2.32. The van der Waals surface area contributed by atoms with Crippen molar-refractivity contribution in [1.82, 2.24) is 19.9 Å². The highest BCUT2D eigenvalue weighted by atomic mass is 32.1. The molecule has 1 saturated heterocycles. The molecule has 8 heteroatoms. The number of hydrogen-bond acceptors (Lipinski definition) is 7. The van der Waals surface area contributed by atoms with E-state index < -0.39 is 0 Å². The molecule has 2 aromatic heterocycles. The predicted molar refractivity (Wildman–Crippen MR) is 83.0 cm³/mol. The number of nitrogens with zero attached hydrogens (tertiary/aromatic N) is 4. The lowest BCUT2D eigenvalue weighted by atomic mass is 10.2. The molecule has 0 radical (unpaired) electrons. The quantitative estimate of drug-likeness (QED) is 0.923. The van der Waals surface area contributed by atoms with E-state index in [1.54, 1.807) is 22.8 Å². The number of carbonyl (C=O) groups is 1. The van der Waals surface area contributed by atoms with Gasteiger partial charge >= 0.3 is 0 Å². The van der Waals surface area contributed by atoms with Crippen LogP contribution < -0.4 is 5.32 Å². The van der Waals surface area contributed by atoms with Gasteiger partial charge in [-0.05, 0) is 6.92 Å². The molecule has 0 aliphatic carbocycles. The third-order valence-electron chi connectivity index (χ3n) is 3.47. The van der Waals surface area contributed by atoms with E-state index in [0.717, 1.165) is 11.5 Å². The Labute approximate surface area is 132 Å². The number of hydrogen-bond donors (Lipinski definition) is 1. The Bertz CT molecular complexity index is 661. The molecule has 2 aromatic rings. The molecule has 3 rings (SSSR count). The van der Waals surface area contributed by atoms with Gasteiger partial charge in [-0.25, -0.2) is 15.0 Å². The fourth-order valence-corrected chi connectivity index (χ4v) is 2.92. The molecule has 0 unspecified atom stereocenters. The number of aromatic nitrogens is 3. The van der Waals surface area contributed by atoms with Crippen molar-refractivity contribution in [2.24, 2.45) is 0 Å². The van der Waals surface area contributed by atoms with Gasteiger partial charge in [-0.3, -0.25) is 4.79 Å². The van der Waals surface area contributed by atoms with E-state index in [-0.39, 0.29) is 11.9 Å². The first-order valence-corrected chi connectivity index (χ1v) is 7.93. The zero-order chi connectivity index (χ0) is 15.5. The minimum Gasteiger partial charge on any atom is -0.377 e. The summed E-state index contributed by atoms with van der Waals surface area (Å²) in [6.45, 7) is 3.31. The van der Waals surface area contributed by atoms with Crippen molar-refractivity contribution in [3.05, 3.63) is 34.2 Å². The number of morpholine rings is 1. The van der Waals surface area contributed by atoms with Crippen molar-refractivity contribution < 1.29 is 9.53 Å². The molecule has 7 nitrogen and oxygen atoms in total. The van der Waals surface area contributed by atoms with Gasteiger partial charge in [-0.15, -0.1) is 11.3 Å². The lowest BCUT2D eigenvalue weighted by molar-refractivity contribution is -0.00549. The molecule has 1 atom stereocenters. The smallest absolute Gasteiger partial charge is 0.274 e. The second-order valence-corrected chi connectivity index (χ2v) is 5.68. The minimum absolute atomic E-state index is 0.106. The van der Waals surface area contributed by atoms with Crippen LogP contribution in [0.5, 0.6) is 0 Å². The van der Waals surface area contributed by atoms with Crippen LogP contribution in [0.15, 0.2) is 17.0 Å². The van der Waals surface area contributed by atoms with Crippen LogP contribution in [0, 0.1) is 6.92 Å². The van der Waals surface area contributed by atoms with Crippen LogP contribution in [0.1, 0.15) is 28.0 Å². The van der Waals surface area contributed by atoms with Crippen molar-refractivity contribution in [3.8, 4) is 0 Å². The Morgan fingerprint density at radius 1 is 1.50 bits per heavy atom. The van der Waals surface area contributed by atoms with Gasteiger partial charge in [0.1, 0.15) is 17.6 Å². The zero-order valence-electron chi connectivity index (χ0n) is 12.4. The molecule has 3 heterocycles. The van der Waals surface area contributed by atoms with Crippen LogP contribution in [0.3, 0.4) is 0 Å². The van der Waals surface area contributed by atoms with Crippen LogP contribution in [-0.2, 0) is 4.74 Å². The van der Waals surface area contributed by atoms with Gasteiger partial charge in [-0.1, -0.05) is 0 Å². The number of amides is 1. The molecule has 1 N–H and O–H groups in total. The molecular formula is C14H17N5O2S. The maximum absolute atomic E-state index is 12.6. The Morgan fingerprint density at radius 3 is 3.09 bits per heavy atom. The number of aryl methyl sites for hydroxylation is 1. The molecule has 1 fully saturated rings.